The van der Waals surface area contributed by atoms with Gasteiger partial charge in [-0.2, -0.15) is 16.8 Å². The van der Waals surface area contributed by atoms with Crippen LogP contribution in [-0.4, -0.2) is 26.6 Å². The van der Waals surface area contributed by atoms with Crippen LogP contribution in [0.5, 0.6) is 0 Å². The van der Waals surface area contributed by atoms with Gasteiger partial charge in [-0.25, -0.2) is 0 Å². The van der Waals surface area contributed by atoms with Gasteiger partial charge in [0.15, 0.2) is 0 Å². The van der Waals surface area contributed by atoms with Gasteiger partial charge in [-0.1, -0.05) is 17.3 Å². The predicted octanol–water partition coefficient (Wildman–Crippen LogP) is -0.147. The molecule has 0 bridgehead atoms. The molecule has 15 heavy (non-hydrogen) atoms. The summed E-state index contributed by atoms with van der Waals surface area (Å²) in [5.41, 5.74) is 7.92. The molecule has 0 aromatic carbocycles. The molecular weight excluding hydrogens is 242 g/mol. The molecule has 0 aromatic heterocycles. The molecule has 0 radical (unpaired) electrons. The average molecular weight is 245 g/mol. The van der Waals surface area contributed by atoms with Crippen molar-refractivity contribution < 1.29 is 16.8 Å². The molecule has 0 spiro atoms. The average Bonchev–Trinajstić information content (AvgIpc) is 2.17. The summed E-state index contributed by atoms with van der Waals surface area (Å²) in [4.78, 5) is 1.45. The first-order valence-corrected chi connectivity index (χ1v) is 5.59. The Kier molecular flexibility index (Phi) is 3.45. The zero-order valence-electron chi connectivity index (χ0n) is 7.02. The molecule has 0 fully saturated rings. The van der Waals surface area contributed by atoms with Crippen molar-refractivity contribution in [2.45, 2.75) is 0 Å². The van der Waals surface area contributed by atoms with Crippen molar-refractivity contribution in [3.8, 4) is 0 Å². The van der Waals surface area contributed by atoms with Gasteiger partial charge in [0.1, 0.15) is 9.73 Å². The first kappa shape index (κ1) is 11.2. The van der Waals surface area contributed by atoms with Gasteiger partial charge in [-0.05, 0) is 11.6 Å². The third kappa shape index (κ3) is 2.34. The third-order valence-electron chi connectivity index (χ3n) is 1.46. The topological polar surface area (TPSA) is 117 Å². The number of azide groups is 1. The predicted molar refractivity (Wildman–Crippen MR) is 54.2 cm³/mol. The van der Waals surface area contributed by atoms with Crippen LogP contribution in [-0.2, 0) is 20.6 Å². The monoisotopic (exact) mass is 245 g/mol. The molecule has 0 atom stereocenters. The minimum Gasteiger partial charge on any atom is -0.184 e. The number of nitrogens with zero attached hydrogens (tertiary/aromatic N) is 3. The lowest BCUT2D eigenvalue weighted by Gasteiger charge is -2.02. The Morgan fingerprint density at radius 1 is 1.20 bits per heavy atom. The van der Waals surface area contributed by atoms with Crippen LogP contribution in [0.4, 0.5) is 0 Å². The zero-order valence-corrected chi connectivity index (χ0v) is 8.66. The lowest BCUT2D eigenvalue weighted by atomic mass is 10.1. The minimum absolute atomic E-state index is 0.243. The molecule has 0 saturated heterocycles. The van der Waals surface area contributed by atoms with E-state index in [1.54, 1.807) is 0 Å². The van der Waals surface area contributed by atoms with E-state index in [9.17, 15) is 16.8 Å². The van der Waals surface area contributed by atoms with Gasteiger partial charge >= 0.3 is 0 Å². The minimum atomic E-state index is -2.78. The maximum Gasteiger partial charge on any atom is 0.223 e. The summed E-state index contributed by atoms with van der Waals surface area (Å²) in [5, 5.41) is 3.09. The molecule has 1 rings (SSSR count). The Labute approximate surface area is 87.0 Å². The third-order valence-corrected chi connectivity index (χ3v) is 3.05. The second-order valence-electron chi connectivity index (χ2n) is 2.26. The van der Waals surface area contributed by atoms with Crippen LogP contribution in [0.15, 0.2) is 29.0 Å². The van der Waals surface area contributed by atoms with Gasteiger partial charge in [0.2, 0.25) is 20.6 Å². The number of hydrogen-bond donors (Lipinski definition) is 0. The van der Waals surface area contributed by atoms with Crippen molar-refractivity contribution in [2.75, 3.05) is 0 Å². The summed E-state index contributed by atoms with van der Waals surface area (Å²) in [6, 6.07) is 0. The summed E-state index contributed by atoms with van der Waals surface area (Å²) in [6.45, 7) is 0. The first-order chi connectivity index (χ1) is 7.07. The van der Waals surface area contributed by atoms with Crippen molar-refractivity contribution in [2.24, 2.45) is 5.11 Å². The quantitative estimate of drug-likeness (QED) is 0.276. The van der Waals surface area contributed by atoms with Crippen LogP contribution in [0.25, 0.3) is 10.4 Å². The molecular formula is C6H3N3O4S2. The van der Waals surface area contributed by atoms with Crippen LogP contribution in [0.1, 0.15) is 0 Å². The maximum atomic E-state index is 10.8. The molecule has 0 saturated carbocycles. The number of rotatable bonds is 1. The Morgan fingerprint density at radius 2 is 1.87 bits per heavy atom. The zero-order chi connectivity index (χ0) is 11.4. The van der Waals surface area contributed by atoms with Crippen molar-refractivity contribution in [3.05, 3.63) is 34.4 Å². The summed E-state index contributed by atoms with van der Waals surface area (Å²) < 4.78 is 42.9. The molecule has 0 amide bonds. The van der Waals surface area contributed by atoms with Crippen LogP contribution >= 0.6 is 0 Å². The summed E-state index contributed by atoms with van der Waals surface area (Å²) in [5.74, 6) is 0. The molecule has 1 aliphatic rings. The van der Waals surface area contributed by atoms with Gasteiger partial charge in [-0.3, -0.25) is 0 Å². The normalized spacial score (nSPS) is 14.3. The van der Waals surface area contributed by atoms with E-state index in [2.05, 4.69) is 10.0 Å². The second-order valence-corrected chi connectivity index (χ2v) is 4.05. The van der Waals surface area contributed by atoms with E-state index in [0.717, 1.165) is 6.08 Å². The van der Waals surface area contributed by atoms with Crippen LogP contribution in [0.3, 0.4) is 0 Å². The second kappa shape index (κ2) is 4.60. The molecule has 0 N–H and O–H groups in total. The van der Waals surface area contributed by atoms with Crippen LogP contribution in [0, 0.1) is 0 Å². The molecule has 9 heteroatoms. The molecule has 0 aliphatic heterocycles. The highest BCUT2D eigenvalue weighted by atomic mass is 32.2. The number of hydrogen-bond acceptors (Lipinski definition) is 5. The van der Waals surface area contributed by atoms with E-state index in [4.69, 9.17) is 5.53 Å². The van der Waals surface area contributed by atoms with E-state index >= 15 is 0 Å². The Morgan fingerprint density at radius 3 is 2.33 bits per heavy atom. The molecule has 7 nitrogen and oxygen atoms in total. The highest BCUT2D eigenvalue weighted by Crippen LogP contribution is 2.08. The SMILES string of the molecule is [N-]=[N+]=NC1=CC=CC(=S(=O)=O)C1=S(=O)=O. The van der Waals surface area contributed by atoms with Gasteiger partial charge < -0.3 is 0 Å². The Bertz CT molecular complexity index is 656. The fourth-order valence-electron chi connectivity index (χ4n) is 0.930. The molecule has 1 aliphatic carbocycles. The van der Waals surface area contributed by atoms with E-state index < -0.39 is 30.3 Å². The highest BCUT2D eigenvalue weighted by Gasteiger charge is 2.17. The first-order valence-electron chi connectivity index (χ1n) is 3.44. The Balaban J connectivity index is 3.71. The van der Waals surface area contributed by atoms with Gasteiger partial charge in [0, 0.05) is 4.91 Å². The smallest absolute Gasteiger partial charge is 0.184 e. The summed E-state index contributed by atoms with van der Waals surface area (Å²) in [7, 11) is -5.48. The van der Waals surface area contributed by atoms with Crippen LogP contribution in [0.2, 0.25) is 0 Å². The van der Waals surface area contributed by atoms with Crippen LogP contribution < -0.4 is 0 Å². The van der Waals surface area contributed by atoms with E-state index in [0.29, 0.717) is 0 Å². The highest BCUT2D eigenvalue weighted by molar-refractivity contribution is 7.83. The lowest BCUT2D eigenvalue weighted by molar-refractivity contribution is 0.625. The van der Waals surface area contributed by atoms with Crippen molar-refractivity contribution in [3.63, 3.8) is 0 Å². The van der Waals surface area contributed by atoms with Gasteiger partial charge in [0.05, 0.1) is 5.70 Å². The van der Waals surface area contributed by atoms with E-state index in [1.165, 1.54) is 12.2 Å². The number of allylic oxidation sites excluding steroid dienone is 4. The Hall–Kier alpha value is -1.83. The van der Waals surface area contributed by atoms with Crippen molar-refractivity contribution >= 4 is 30.3 Å². The molecule has 0 aromatic rings. The van der Waals surface area contributed by atoms with E-state index in [-0.39, 0.29) is 5.70 Å². The van der Waals surface area contributed by atoms with Crippen molar-refractivity contribution in [1.29, 1.82) is 0 Å². The fourth-order valence-corrected chi connectivity index (χ4v) is 2.30. The summed E-state index contributed by atoms with van der Waals surface area (Å²) >= 11 is 0. The molecule has 0 heterocycles. The lowest BCUT2D eigenvalue weighted by Crippen LogP contribution is -2.18. The van der Waals surface area contributed by atoms with Crippen molar-refractivity contribution in [1.82, 2.24) is 0 Å². The van der Waals surface area contributed by atoms with Gasteiger partial charge in [-0.15, -0.1) is 0 Å². The molecule has 0 unspecified atom stereocenters. The van der Waals surface area contributed by atoms with E-state index in [1.807, 2.05) is 0 Å². The largest absolute Gasteiger partial charge is 0.223 e. The standard InChI is InChI=1S/C6H3N3O4S2/c7-9-8-4-2-1-3-5(14(10)11)6(4)15(12)13/h1-3H. The molecule has 78 valence electrons. The maximum absolute atomic E-state index is 10.8. The van der Waals surface area contributed by atoms with Gasteiger partial charge in [0.25, 0.3) is 0 Å². The fraction of sp³-hybridized carbons (Fsp3) is 0. The summed E-state index contributed by atoms with van der Waals surface area (Å²) in [6.07, 6.45) is 3.59.